The van der Waals surface area contributed by atoms with Gasteiger partial charge in [-0.05, 0) is 12.1 Å². The average Bonchev–Trinajstić information content (AvgIpc) is 2.05. The summed E-state index contributed by atoms with van der Waals surface area (Å²) in [5.41, 5.74) is 2.53. The molecule has 0 saturated heterocycles. The molecule has 1 aromatic carbocycles. The van der Waals surface area contributed by atoms with E-state index in [2.05, 4.69) is 29.7 Å². The maximum Gasteiger partial charge on any atom is 0.184 e. The van der Waals surface area contributed by atoms with Crippen LogP contribution in [0.4, 0.5) is 5.69 Å². The van der Waals surface area contributed by atoms with Crippen molar-refractivity contribution in [3.63, 3.8) is 0 Å². The molecule has 1 aliphatic heterocycles. The van der Waals surface area contributed by atoms with Crippen molar-refractivity contribution in [2.24, 2.45) is 0 Å². The highest BCUT2D eigenvalue weighted by molar-refractivity contribution is 5.54. The number of nitrogens with one attached hydrogen (secondary N) is 1. The molecular weight excluding hydrogens is 158 g/mol. The lowest BCUT2D eigenvalue weighted by Gasteiger charge is -1.99. The van der Waals surface area contributed by atoms with E-state index in [9.17, 15) is 0 Å². The molecule has 0 saturated carbocycles. The van der Waals surface area contributed by atoms with Gasteiger partial charge < -0.3 is 12.4 Å². The third-order valence-electron chi connectivity index (χ3n) is 1.65. The first kappa shape index (κ1) is 8.06. The normalized spacial score (nSPS) is 12.0. The summed E-state index contributed by atoms with van der Waals surface area (Å²) in [6.45, 7) is 0. The second kappa shape index (κ2) is 3.38. The summed E-state index contributed by atoms with van der Waals surface area (Å²) in [6.07, 6.45) is 5.97. The molecule has 0 atom stereocenters. The Balaban J connectivity index is 0.000000605. The lowest BCUT2D eigenvalue weighted by molar-refractivity contribution is -0.00000195. The quantitative estimate of drug-likeness (QED) is 0.485. The minimum Gasteiger partial charge on any atom is -1.00 e. The monoisotopic (exact) mass is 165 g/mol. The van der Waals surface area contributed by atoms with Crippen LogP contribution >= 0.6 is 0 Å². The second-order valence-corrected chi connectivity index (χ2v) is 2.33. The van der Waals surface area contributed by atoms with Crippen LogP contribution in [0.2, 0.25) is 0 Å². The zero-order chi connectivity index (χ0) is 6.81. The van der Waals surface area contributed by atoms with E-state index >= 15 is 0 Å². The van der Waals surface area contributed by atoms with Gasteiger partial charge in [0.2, 0.25) is 0 Å². The standard InChI is InChI=1S/C9H8N.ClH/c1-2-6-9-8(4-1)5-3-7-10-9;/h1-4,6,10H,5H2;1H/q+1;/p-1. The molecule has 2 rings (SSSR count). The first-order chi connectivity index (χ1) is 4.97. The van der Waals surface area contributed by atoms with E-state index in [-0.39, 0.29) is 12.4 Å². The van der Waals surface area contributed by atoms with Crippen LogP contribution in [0, 0.1) is 6.20 Å². The maximum atomic E-state index is 3.06. The Labute approximate surface area is 72.5 Å². The Morgan fingerprint density at radius 2 is 2.09 bits per heavy atom. The summed E-state index contributed by atoms with van der Waals surface area (Å²) in [5.74, 6) is 0. The molecule has 1 nitrogen and oxygen atoms in total. The first-order valence-electron chi connectivity index (χ1n) is 3.38. The topological polar surface area (TPSA) is 12.0 Å². The lowest BCUT2D eigenvalue weighted by Crippen LogP contribution is -3.00. The van der Waals surface area contributed by atoms with Gasteiger partial charge in [0.25, 0.3) is 0 Å². The van der Waals surface area contributed by atoms with Crippen molar-refractivity contribution in [2.75, 3.05) is 5.32 Å². The number of anilines is 1. The predicted molar refractivity (Wildman–Crippen MR) is 41.6 cm³/mol. The summed E-state index contributed by atoms with van der Waals surface area (Å²) in [4.78, 5) is 0. The highest BCUT2D eigenvalue weighted by Crippen LogP contribution is 2.18. The largest absolute Gasteiger partial charge is 1.00 e. The minimum atomic E-state index is 0. The Hall–Kier alpha value is -1.04. The van der Waals surface area contributed by atoms with E-state index < -0.39 is 0 Å². The molecule has 0 amide bonds. The Kier molecular flexibility index (Phi) is 2.48. The minimum absolute atomic E-state index is 0. The first-order valence-corrected chi connectivity index (χ1v) is 3.38. The molecule has 0 radical (unpaired) electrons. The van der Waals surface area contributed by atoms with E-state index in [1.165, 1.54) is 11.3 Å². The molecule has 56 valence electrons. The highest BCUT2D eigenvalue weighted by atomic mass is 35.5. The van der Waals surface area contributed by atoms with Crippen LogP contribution in [-0.4, -0.2) is 0 Å². The van der Waals surface area contributed by atoms with Gasteiger partial charge in [0.05, 0.1) is 11.6 Å². The van der Waals surface area contributed by atoms with Gasteiger partial charge in [0.1, 0.15) is 0 Å². The SMILES string of the molecule is [C+]1=CCc2ccccc2N1.[Cl-]. The highest BCUT2D eigenvalue weighted by Gasteiger charge is 2.10. The lowest BCUT2D eigenvalue weighted by atomic mass is 10.1. The van der Waals surface area contributed by atoms with Gasteiger partial charge in [-0.3, -0.25) is 0 Å². The molecule has 0 fully saturated rings. The molecule has 0 aliphatic carbocycles. The second-order valence-electron chi connectivity index (χ2n) is 2.33. The number of hydrogen-bond acceptors (Lipinski definition) is 1. The molecule has 0 unspecified atom stereocenters. The fraction of sp³-hybridized carbons (Fsp3) is 0.111. The molecule has 2 heteroatoms. The molecular formula is C9H8ClN. The Morgan fingerprint density at radius 1 is 1.27 bits per heavy atom. The summed E-state index contributed by atoms with van der Waals surface area (Å²) in [5, 5.41) is 3.06. The van der Waals surface area contributed by atoms with Gasteiger partial charge in [0, 0.05) is 12.5 Å². The van der Waals surface area contributed by atoms with Crippen LogP contribution in [0.5, 0.6) is 0 Å². The predicted octanol–water partition coefficient (Wildman–Crippen LogP) is -1.02. The van der Waals surface area contributed by atoms with Crippen LogP contribution in [0.15, 0.2) is 30.3 Å². The van der Waals surface area contributed by atoms with Gasteiger partial charge in [-0.15, -0.1) is 0 Å². The number of hydrogen-bond donors (Lipinski definition) is 1. The zero-order valence-corrected chi connectivity index (χ0v) is 6.73. The average molecular weight is 166 g/mol. The van der Waals surface area contributed by atoms with Crippen molar-refractivity contribution in [1.82, 2.24) is 0 Å². The molecule has 0 spiro atoms. The van der Waals surface area contributed by atoms with E-state index in [0.29, 0.717) is 0 Å². The number of allylic oxidation sites excluding steroid dienone is 1. The summed E-state index contributed by atoms with van der Waals surface area (Å²) < 4.78 is 0. The molecule has 0 bridgehead atoms. The Morgan fingerprint density at radius 3 is 2.91 bits per heavy atom. The fourth-order valence-electron chi connectivity index (χ4n) is 1.11. The molecule has 1 heterocycles. The van der Waals surface area contributed by atoms with Gasteiger partial charge in [-0.1, -0.05) is 6.07 Å². The summed E-state index contributed by atoms with van der Waals surface area (Å²) >= 11 is 0. The van der Waals surface area contributed by atoms with E-state index in [1.807, 2.05) is 12.1 Å². The van der Waals surface area contributed by atoms with E-state index in [0.717, 1.165) is 6.42 Å². The van der Waals surface area contributed by atoms with Crippen molar-refractivity contribution in [2.45, 2.75) is 6.42 Å². The molecule has 1 aromatic rings. The number of fused-ring (bicyclic) bond motifs is 1. The van der Waals surface area contributed by atoms with E-state index in [1.54, 1.807) is 0 Å². The maximum absolute atomic E-state index is 3.06. The number of halogens is 1. The summed E-state index contributed by atoms with van der Waals surface area (Å²) in [7, 11) is 0. The molecule has 1 aliphatic rings. The van der Waals surface area contributed by atoms with Crippen molar-refractivity contribution < 1.29 is 12.4 Å². The van der Waals surface area contributed by atoms with Crippen LogP contribution in [0.25, 0.3) is 0 Å². The smallest absolute Gasteiger partial charge is 0.184 e. The fourth-order valence-corrected chi connectivity index (χ4v) is 1.11. The summed E-state index contributed by atoms with van der Waals surface area (Å²) in [6, 6.07) is 8.27. The third-order valence-corrected chi connectivity index (χ3v) is 1.65. The van der Waals surface area contributed by atoms with Gasteiger partial charge in [-0.25, -0.2) is 0 Å². The van der Waals surface area contributed by atoms with Gasteiger partial charge in [-0.2, -0.15) is 5.32 Å². The Bertz CT molecular complexity index is 241. The molecule has 11 heavy (non-hydrogen) atoms. The van der Waals surface area contributed by atoms with Gasteiger partial charge in [0.15, 0.2) is 11.9 Å². The number of para-hydroxylation sites is 1. The van der Waals surface area contributed by atoms with Crippen molar-refractivity contribution in [1.29, 1.82) is 0 Å². The zero-order valence-electron chi connectivity index (χ0n) is 5.97. The van der Waals surface area contributed by atoms with Crippen molar-refractivity contribution in [3.8, 4) is 0 Å². The third kappa shape index (κ3) is 1.51. The number of benzene rings is 1. The van der Waals surface area contributed by atoms with E-state index in [4.69, 9.17) is 0 Å². The van der Waals surface area contributed by atoms with Gasteiger partial charge >= 0.3 is 0 Å². The van der Waals surface area contributed by atoms with Crippen LogP contribution in [0.1, 0.15) is 5.56 Å². The van der Waals surface area contributed by atoms with Crippen LogP contribution < -0.4 is 17.7 Å². The molecule has 1 N–H and O–H groups in total. The van der Waals surface area contributed by atoms with Crippen molar-refractivity contribution in [3.05, 3.63) is 42.1 Å². The van der Waals surface area contributed by atoms with Crippen LogP contribution in [0.3, 0.4) is 0 Å². The number of rotatable bonds is 0. The van der Waals surface area contributed by atoms with Crippen LogP contribution in [-0.2, 0) is 6.42 Å². The molecule has 0 aromatic heterocycles. The van der Waals surface area contributed by atoms with Crippen molar-refractivity contribution >= 4 is 5.69 Å².